The van der Waals surface area contributed by atoms with E-state index in [4.69, 9.17) is 0 Å². The summed E-state index contributed by atoms with van der Waals surface area (Å²) >= 11 is 1.70. The summed E-state index contributed by atoms with van der Waals surface area (Å²) in [6.45, 7) is 4.87. The van der Waals surface area contributed by atoms with Gasteiger partial charge in [-0.1, -0.05) is 18.2 Å². The minimum atomic E-state index is 0.847. The van der Waals surface area contributed by atoms with Crippen molar-refractivity contribution in [3.63, 3.8) is 0 Å². The number of hydrogen-bond acceptors (Lipinski definition) is 4. The lowest BCUT2D eigenvalue weighted by molar-refractivity contribution is 0.685. The van der Waals surface area contributed by atoms with Crippen LogP contribution in [0.25, 0.3) is 0 Å². The maximum atomic E-state index is 4.47. The molecule has 0 unspecified atom stereocenters. The van der Waals surface area contributed by atoms with E-state index in [2.05, 4.69) is 68.3 Å². The third kappa shape index (κ3) is 7.13. The van der Waals surface area contributed by atoms with E-state index in [9.17, 15) is 0 Å². The normalized spacial score (nSPS) is 11.4. The summed E-state index contributed by atoms with van der Waals surface area (Å²) in [7, 11) is 3.95. The maximum absolute atomic E-state index is 4.47. The molecular formula is C19H29N5S. The summed E-state index contributed by atoms with van der Waals surface area (Å²) in [5.74, 6) is 0.864. The Bertz CT molecular complexity index is 638. The van der Waals surface area contributed by atoms with Crippen molar-refractivity contribution in [2.75, 3.05) is 38.6 Å². The quantitative estimate of drug-likeness (QED) is 0.410. The number of aromatic nitrogens is 1. The number of guanidine groups is 1. The van der Waals surface area contributed by atoms with Crippen LogP contribution in [0.5, 0.6) is 0 Å². The zero-order valence-corrected chi connectivity index (χ0v) is 16.3. The zero-order valence-electron chi connectivity index (χ0n) is 15.5. The first-order valence-corrected chi connectivity index (χ1v) is 9.68. The van der Waals surface area contributed by atoms with Crippen LogP contribution >= 0.6 is 11.3 Å². The van der Waals surface area contributed by atoms with Crippen molar-refractivity contribution < 1.29 is 0 Å². The van der Waals surface area contributed by atoms with Crippen molar-refractivity contribution in [2.45, 2.75) is 26.2 Å². The van der Waals surface area contributed by atoms with Gasteiger partial charge in [-0.2, -0.15) is 0 Å². The molecule has 0 saturated carbocycles. The molecule has 25 heavy (non-hydrogen) atoms. The lowest BCUT2D eigenvalue weighted by Gasteiger charge is -2.19. The van der Waals surface area contributed by atoms with Gasteiger partial charge < -0.3 is 15.5 Å². The molecule has 0 atom stereocenters. The number of benzene rings is 1. The van der Waals surface area contributed by atoms with Crippen molar-refractivity contribution in [2.24, 2.45) is 4.99 Å². The average molecular weight is 360 g/mol. The number of thiazole rings is 1. The van der Waals surface area contributed by atoms with Crippen molar-refractivity contribution in [3.8, 4) is 0 Å². The first-order valence-electron chi connectivity index (χ1n) is 8.80. The fraction of sp³-hybridized carbons (Fsp3) is 0.474. The van der Waals surface area contributed by atoms with Crippen LogP contribution < -0.4 is 15.5 Å². The molecule has 0 aliphatic carbocycles. The number of aryl methyl sites for hydroxylation is 1. The number of nitrogens with one attached hydrogen (secondary N) is 2. The van der Waals surface area contributed by atoms with Gasteiger partial charge in [0.05, 0.1) is 10.7 Å². The molecule has 0 bridgehead atoms. The molecule has 0 spiro atoms. The minimum absolute atomic E-state index is 0.847. The third-order valence-electron chi connectivity index (χ3n) is 3.97. The molecule has 1 heterocycles. The molecule has 136 valence electrons. The van der Waals surface area contributed by atoms with E-state index in [1.807, 2.05) is 14.0 Å². The first kappa shape index (κ1) is 19.2. The predicted molar refractivity (Wildman–Crippen MR) is 109 cm³/mol. The number of unbranched alkanes of at least 4 members (excludes halogenated alkanes) is 1. The fourth-order valence-electron chi connectivity index (χ4n) is 2.54. The molecule has 0 saturated heterocycles. The molecule has 0 aliphatic rings. The monoisotopic (exact) mass is 359 g/mol. The number of nitrogens with zero attached hydrogens (tertiary/aromatic N) is 3. The van der Waals surface area contributed by atoms with E-state index >= 15 is 0 Å². The molecular weight excluding hydrogens is 330 g/mol. The summed E-state index contributed by atoms with van der Waals surface area (Å²) in [6, 6.07) is 10.5. The van der Waals surface area contributed by atoms with Gasteiger partial charge in [0.1, 0.15) is 0 Å². The fourth-order valence-corrected chi connectivity index (χ4v) is 3.19. The summed E-state index contributed by atoms with van der Waals surface area (Å²) < 4.78 is 0. The smallest absolute Gasteiger partial charge is 0.190 e. The predicted octanol–water partition coefficient (Wildman–Crippen LogP) is 3.08. The number of para-hydroxylation sites is 1. The van der Waals surface area contributed by atoms with Crippen molar-refractivity contribution in [1.29, 1.82) is 0 Å². The summed E-state index contributed by atoms with van der Waals surface area (Å²) in [5.41, 5.74) is 2.42. The Kier molecular flexibility index (Phi) is 8.25. The summed E-state index contributed by atoms with van der Waals surface area (Å²) in [4.78, 5) is 11.0. The van der Waals surface area contributed by atoms with Crippen molar-refractivity contribution in [3.05, 3.63) is 46.4 Å². The van der Waals surface area contributed by atoms with Gasteiger partial charge in [0.15, 0.2) is 5.96 Å². The highest BCUT2D eigenvalue weighted by Gasteiger charge is 2.02. The van der Waals surface area contributed by atoms with Gasteiger partial charge in [-0.05, 0) is 31.9 Å². The Morgan fingerprint density at radius 3 is 2.60 bits per heavy atom. The summed E-state index contributed by atoms with van der Waals surface area (Å²) in [6.07, 6.45) is 3.18. The Balaban J connectivity index is 1.56. The van der Waals surface area contributed by atoms with E-state index in [0.29, 0.717) is 0 Å². The Morgan fingerprint density at radius 1 is 1.16 bits per heavy atom. The van der Waals surface area contributed by atoms with Crippen LogP contribution in [0.4, 0.5) is 5.69 Å². The largest absolute Gasteiger partial charge is 0.375 e. The number of rotatable bonds is 9. The van der Waals surface area contributed by atoms with Crippen LogP contribution in [-0.2, 0) is 6.42 Å². The average Bonchev–Trinajstić information content (AvgIpc) is 3.05. The van der Waals surface area contributed by atoms with Gasteiger partial charge in [0.2, 0.25) is 0 Å². The second kappa shape index (κ2) is 10.7. The highest BCUT2D eigenvalue weighted by atomic mass is 32.1. The second-order valence-electron chi connectivity index (χ2n) is 6.00. The standard InChI is InChI=1S/C19H29N5S/c1-16-23-17(15-25-16)11-13-22-19(20-2)21-12-7-8-14-24(3)18-9-5-4-6-10-18/h4-6,9-10,15H,7-8,11-14H2,1-3H3,(H2,20,21,22). The van der Waals surface area contributed by atoms with Gasteiger partial charge in [-0.25, -0.2) is 4.98 Å². The molecule has 0 radical (unpaired) electrons. The second-order valence-corrected chi connectivity index (χ2v) is 7.06. The molecule has 0 aliphatic heterocycles. The molecule has 2 rings (SSSR count). The molecule has 1 aromatic carbocycles. The molecule has 0 amide bonds. The topological polar surface area (TPSA) is 52.6 Å². The van der Waals surface area contributed by atoms with Crippen molar-refractivity contribution in [1.82, 2.24) is 15.6 Å². The SMILES string of the molecule is CN=C(NCCCCN(C)c1ccccc1)NCCc1csc(C)n1. The van der Waals surface area contributed by atoms with Gasteiger partial charge >= 0.3 is 0 Å². The number of aliphatic imine (C=N–C) groups is 1. The van der Waals surface area contributed by atoms with E-state index in [0.717, 1.165) is 55.6 Å². The number of hydrogen-bond donors (Lipinski definition) is 2. The Morgan fingerprint density at radius 2 is 1.92 bits per heavy atom. The molecule has 5 nitrogen and oxygen atoms in total. The van der Waals surface area contributed by atoms with Crippen LogP contribution in [0.3, 0.4) is 0 Å². The van der Waals surface area contributed by atoms with Gasteiger partial charge in [-0.3, -0.25) is 4.99 Å². The van der Waals surface area contributed by atoms with Crippen LogP contribution in [0.15, 0.2) is 40.7 Å². The highest BCUT2D eigenvalue weighted by Crippen LogP contribution is 2.11. The highest BCUT2D eigenvalue weighted by molar-refractivity contribution is 7.09. The van der Waals surface area contributed by atoms with Crippen LogP contribution in [-0.4, -0.2) is 44.7 Å². The third-order valence-corrected chi connectivity index (χ3v) is 4.80. The van der Waals surface area contributed by atoms with E-state index in [-0.39, 0.29) is 0 Å². The maximum Gasteiger partial charge on any atom is 0.190 e. The van der Waals surface area contributed by atoms with Gasteiger partial charge in [0.25, 0.3) is 0 Å². The van der Waals surface area contributed by atoms with Gasteiger partial charge in [0, 0.05) is 51.2 Å². The van der Waals surface area contributed by atoms with E-state index < -0.39 is 0 Å². The minimum Gasteiger partial charge on any atom is -0.375 e. The number of anilines is 1. The molecule has 2 N–H and O–H groups in total. The van der Waals surface area contributed by atoms with E-state index in [1.54, 1.807) is 11.3 Å². The lowest BCUT2D eigenvalue weighted by atomic mass is 10.2. The molecule has 0 fully saturated rings. The first-order chi connectivity index (χ1) is 12.2. The Hall–Kier alpha value is -2.08. The molecule has 1 aromatic heterocycles. The Labute approximate surface area is 155 Å². The van der Waals surface area contributed by atoms with Gasteiger partial charge in [-0.15, -0.1) is 11.3 Å². The van der Waals surface area contributed by atoms with Crippen LogP contribution in [0, 0.1) is 6.92 Å². The van der Waals surface area contributed by atoms with Crippen LogP contribution in [0.2, 0.25) is 0 Å². The molecule has 2 aromatic rings. The van der Waals surface area contributed by atoms with Crippen molar-refractivity contribution >= 4 is 23.0 Å². The van der Waals surface area contributed by atoms with E-state index in [1.165, 1.54) is 5.69 Å². The summed E-state index contributed by atoms with van der Waals surface area (Å²) in [5, 5.41) is 9.97. The zero-order chi connectivity index (χ0) is 17.9. The van der Waals surface area contributed by atoms with Crippen LogP contribution in [0.1, 0.15) is 23.5 Å². The molecule has 6 heteroatoms. The lowest BCUT2D eigenvalue weighted by Crippen LogP contribution is -2.38.